The third-order valence-electron chi connectivity index (χ3n) is 3.83. The molecule has 0 aromatic carbocycles. The summed E-state index contributed by atoms with van der Waals surface area (Å²) in [4.78, 5) is 16.8. The molecule has 1 aliphatic rings. The number of halogens is 1. The van der Waals surface area contributed by atoms with Crippen LogP contribution < -0.4 is 4.90 Å². The van der Waals surface area contributed by atoms with Gasteiger partial charge in [0.2, 0.25) is 0 Å². The van der Waals surface area contributed by atoms with Crippen LogP contribution in [0.2, 0.25) is 0 Å². The van der Waals surface area contributed by atoms with Crippen LogP contribution in [-0.4, -0.2) is 29.1 Å². The molecule has 19 heavy (non-hydrogen) atoms. The molecule has 5 heteroatoms. The van der Waals surface area contributed by atoms with Crippen molar-refractivity contribution in [1.29, 1.82) is 0 Å². The van der Waals surface area contributed by atoms with Gasteiger partial charge in [0.25, 0.3) is 0 Å². The third kappa shape index (κ3) is 3.03. The summed E-state index contributed by atoms with van der Waals surface area (Å²) < 4.78 is 14.1. The molecular formula is C14H19FN2O2. The first kappa shape index (κ1) is 13.8. The zero-order valence-corrected chi connectivity index (χ0v) is 11.1. The number of carboxylic acid groups (broad SMARTS) is 1. The summed E-state index contributed by atoms with van der Waals surface area (Å²) in [7, 11) is 0. The van der Waals surface area contributed by atoms with Crippen LogP contribution in [-0.2, 0) is 0 Å². The van der Waals surface area contributed by atoms with Gasteiger partial charge < -0.3 is 10.0 Å². The Bertz CT molecular complexity index is 465. The number of hydrogen-bond donors (Lipinski definition) is 1. The fourth-order valence-corrected chi connectivity index (χ4v) is 2.60. The van der Waals surface area contributed by atoms with Crippen molar-refractivity contribution in [2.24, 2.45) is 5.92 Å². The van der Waals surface area contributed by atoms with Gasteiger partial charge >= 0.3 is 5.97 Å². The van der Waals surface area contributed by atoms with E-state index in [2.05, 4.69) is 11.9 Å². The summed E-state index contributed by atoms with van der Waals surface area (Å²) in [5, 5.41) is 8.94. The van der Waals surface area contributed by atoms with E-state index in [0.29, 0.717) is 5.92 Å². The molecule has 1 fully saturated rings. The minimum atomic E-state index is -1.25. The lowest BCUT2D eigenvalue weighted by Gasteiger charge is -2.22. The number of carboxylic acids is 1. The molecule has 0 aliphatic carbocycles. The minimum Gasteiger partial charge on any atom is -0.478 e. The highest BCUT2D eigenvalue weighted by Gasteiger charge is 2.22. The largest absolute Gasteiger partial charge is 0.478 e. The van der Waals surface area contributed by atoms with Crippen molar-refractivity contribution in [2.75, 3.05) is 18.0 Å². The molecule has 1 aromatic rings. The Labute approximate surface area is 112 Å². The number of pyridine rings is 1. The molecule has 0 amide bonds. The standard InChI is InChI=1S/C14H19FN2O2/c1-2-10-4-3-8-17(9-6-10)13-12(15)11(14(18)19)5-7-16-13/h5,7,10H,2-4,6,8-9H2,1H3,(H,18,19). The molecule has 2 heterocycles. The quantitative estimate of drug-likeness (QED) is 0.914. The molecule has 1 aromatic heterocycles. The van der Waals surface area contributed by atoms with Crippen LogP contribution in [0.15, 0.2) is 12.3 Å². The number of rotatable bonds is 3. The lowest BCUT2D eigenvalue weighted by molar-refractivity contribution is 0.0691. The Morgan fingerprint density at radius 2 is 2.32 bits per heavy atom. The maximum absolute atomic E-state index is 14.1. The van der Waals surface area contributed by atoms with Crippen LogP contribution in [0.4, 0.5) is 10.2 Å². The summed E-state index contributed by atoms with van der Waals surface area (Å²) in [5.41, 5.74) is -0.304. The highest BCUT2D eigenvalue weighted by molar-refractivity contribution is 5.88. The lowest BCUT2D eigenvalue weighted by Crippen LogP contribution is -2.27. The molecule has 4 nitrogen and oxygen atoms in total. The van der Waals surface area contributed by atoms with Gasteiger partial charge in [-0.05, 0) is 31.2 Å². The highest BCUT2D eigenvalue weighted by Crippen LogP contribution is 2.26. The molecule has 1 unspecified atom stereocenters. The molecule has 1 aliphatic heterocycles. The van der Waals surface area contributed by atoms with Gasteiger partial charge in [-0.15, -0.1) is 0 Å². The predicted molar refractivity (Wildman–Crippen MR) is 71.0 cm³/mol. The SMILES string of the molecule is CCC1CCCN(c2nccc(C(=O)O)c2F)CC1. The zero-order chi connectivity index (χ0) is 13.8. The molecular weight excluding hydrogens is 247 g/mol. The van der Waals surface area contributed by atoms with Gasteiger partial charge in [-0.1, -0.05) is 13.3 Å². The van der Waals surface area contributed by atoms with Crippen LogP contribution in [0.3, 0.4) is 0 Å². The van der Waals surface area contributed by atoms with Gasteiger partial charge in [0.15, 0.2) is 11.6 Å². The number of carbonyl (C=O) groups is 1. The van der Waals surface area contributed by atoms with Crippen molar-refractivity contribution >= 4 is 11.8 Å². The molecule has 0 saturated carbocycles. The van der Waals surface area contributed by atoms with Crippen LogP contribution in [0.1, 0.15) is 43.0 Å². The van der Waals surface area contributed by atoms with E-state index in [4.69, 9.17) is 5.11 Å². The van der Waals surface area contributed by atoms with Gasteiger partial charge in [0, 0.05) is 19.3 Å². The summed E-state index contributed by atoms with van der Waals surface area (Å²) >= 11 is 0. The Morgan fingerprint density at radius 1 is 1.53 bits per heavy atom. The van der Waals surface area contributed by atoms with E-state index in [1.807, 2.05) is 4.90 Å². The minimum absolute atomic E-state index is 0.177. The second-order valence-electron chi connectivity index (χ2n) is 4.99. The van der Waals surface area contributed by atoms with E-state index in [1.54, 1.807) is 0 Å². The number of aromatic nitrogens is 1. The first-order valence-electron chi connectivity index (χ1n) is 6.76. The van der Waals surface area contributed by atoms with Gasteiger partial charge in [-0.3, -0.25) is 0 Å². The van der Waals surface area contributed by atoms with Crippen LogP contribution in [0.5, 0.6) is 0 Å². The van der Waals surface area contributed by atoms with E-state index < -0.39 is 11.8 Å². The number of anilines is 1. The molecule has 1 atom stereocenters. The summed E-state index contributed by atoms with van der Waals surface area (Å²) in [6.45, 7) is 3.65. The maximum atomic E-state index is 14.1. The average molecular weight is 266 g/mol. The summed E-state index contributed by atoms with van der Waals surface area (Å²) in [6, 6.07) is 1.20. The Hall–Kier alpha value is -1.65. The molecule has 1 saturated heterocycles. The second kappa shape index (κ2) is 5.99. The van der Waals surface area contributed by atoms with E-state index >= 15 is 0 Å². The smallest absolute Gasteiger partial charge is 0.338 e. The van der Waals surface area contributed by atoms with E-state index in [0.717, 1.165) is 38.8 Å². The second-order valence-corrected chi connectivity index (χ2v) is 4.99. The lowest BCUT2D eigenvalue weighted by atomic mass is 9.98. The van der Waals surface area contributed by atoms with Crippen LogP contribution in [0, 0.1) is 11.7 Å². The van der Waals surface area contributed by atoms with Gasteiger partial charge in [-0.25, -0.2) is 14.2 Å². The van der Waals surface area contributed by atoms with Crippen molar-refractivity contribution in [3.63, 3.8) is 0 Å². The molecule has 2 rings (SSSR count). The van der Waals surface area contributed by atoms with E-state index in [9.17, 15) is 9.18 Å². The molecule has 0 bridgehead atoms. The maximum Gasteiger partial charge on any atom is 0.338 e. The fraction of sp³-hybridized carbons (Fsp3) is 0.571. The third-order valence-corrected chi connectivity index (χ3v) is 3.83. The molecule has 0 radical (unpaired) electrons. The normalized spacial score (nSPS) is 20.1. The number of nitrogens with zero attached hydrogens (tertiary/aromatic N) is 2. The first-order chi connectivity index (χ1) is 9.13. The van der Waals surface area contributed by atoms with Crippen molar-refractivity contribution in [2.45, 2.75) is 32.6 Å². The Balaban J connectivity index is 2.22. The topological polar surface area (TPSA) is 53.4 Å². The monoisotopic (exact) mass is 266 g/mol. The van der Waals surface area contributed by atoms with Crippen molar-refractivity contribution in [3.8, 4) is 0 Å². The molecule has 0 spiro atoms. The van der Waals surface area contributed by atoms with Crippen LogP contribution >= 0.6 is 0 Å². The van der Waals surface area contributed by atoms with E-state index in [-0.39, 0.29) is 11.4 Å². The summed E-state index contributed by atoms with van der Waals surface area (Å²) in [5.74, 6) is -1.11. The van der Waals surface area contributed by atoms with Gasteiger partial charge in [-0.2, -0.15) is 0 Å². The molecule has 104 valence electrons. The van der Waals surface area contributed by atoms with Crippen molar-refractivity contribution in [1.82, 2.24) is 4.98 Å². The molecule has 1 N–H and O–H groups in total. The first-order valence-corrected chi connectivity index (χ1v) is 6.76. The van der Waals surface area contributed by atoms with Crippen molar-refractivity contribution < 1.29 is 14.3 Å². The highest BCUT2D eigenvalue weighted by atomic mass is 19.1. The number of aromatic carboxylic acids is 1. The van der Waals surface area contributed by atoms with Crippen LogP contribution in [0.25, 0.3) is 0 Å². The fourth-order valence-electron chi connectivity index (χ4n) is 2.60. The predicted octanol–water partition coefficient (Wildman–Crippen LogP) is 2.94. The van der Waals surface area contributed by atoms with E-state index in [1.165, 1.54) is 12.3 Å². The zero-order valence-electron chi connectivity index (χ0n) is 11.1. The van der Waals surface area contributed by atoms with Crippen molar-refractivity contribution in [3.05, 3.63) is 23.6 Å². The number of hydrogen-bond acceptors (Lipinski definition) is 3. The van der Waals surface area contributed by atoms with Gasteiger partial charge in [0.1, 0.15) is 5.56 Å². The van der Waals surface area contributed by atoms with Gasteiger partial charge in [0.05, 0.1) is 0 Å². The average Bonchev–Trinajstić information content (AvgIpc) is 2.64. The summed E-state index contributed by atoms with van der Waals surface area (Å²) in [6.07, 6.45) is 5.65. The Morgan fingerprint density at radius 3 is 3.00 bits per heavy atom. The Kier molecular flexibility index (Phi) is 4.35.